The smallest absolute Gasteiger partial charge is 0.337 e. The lowest BCUT2D eigenvalue weighted by atomic mass is 10.3. The van der Waals surface area contributed by atoms with E-state index >= 15 is 0 Å². The Morgan fingerprint density at radius 2 is 1.95 bits per heavy atom. The van der Waals surface area contributed by atoms with Gasteiger partial charge in [0.15, 0.2) is 5.69 Å². The topological polar surface area (TPSA) is 105 Å². The minimum Gasteiger partial charge on any atom is -0.478 e. The van der Waals surface area contributed by atoms with Crippen molar-refractivity contribution >= 4 is 23.6 Å². The second kappa shape index (κ2) is 6.80. The van der Waals surface area contributed by atoms with Crippen LogP contribution < -0.4 is 5.32 Å². The molecule has 2 aromatic heterocycles. The molecule has 0 aliphatic carbocycles. The molecule has 1 amide bonds. The molecule has 2 N–H and O–H groups in total. The maximum Gasteiger partial charge on any atom is 0.337 e. The van der Waals surface area contributed by atoms with Crippen LogP contribution >= 0.6 is 11.8 Å². The molecule has 7 nitrogen and oxygen atoms in total. The van der Waals surface area contributed by atoms with E-state index < -0.39 is 5.97 Å². The molecule has 0 saturated carbocycles. The second-order valence-electron chi connectivity index (χ2n) is 3.91. The van der Waals surface area contributed by atoms with Gasteiger partial charge in [-0.1, -0.05) is 0 Å². The van der Waals surface area contributed by atoms with E-state index in [1.54, 1.807) is 18.2 Å². The average Bonchev–Trinajstić information content (AvgIpc) is 2.49. The number of pyridine rings is 1. The number of carboxylic acids is 1. The van der Waals surface area contributed by atoms with Gasteiger partial charge < -0.3 is 10.4 Å². The van der Waals surface area contributed by atoms with E-state index in [9.17, 15) is 9.59 Å². The van der Waals surface area contributed by atoms with Gasteiger partial charge in [0, 0.05) is 12.7 Å². The van der Waals surface area contributed by atoms with Crippen molar-refractivity contribution in [1.29, 1.82) is 0 Å². The standard InChI is InChI=1S/C13H12N4O3S/c1-2-14-12(18)9-4-6-11(17-16-9)21-10-5-3-8(7-15-10)13(19)20/h3-7H,2H2,1H3,(H,14,18)(H,19,20). The molecule has 2 heterocycles. The maximum absolute atomic E-state index is 11.5. The Labute approximate surface area is 124 Å². The highest BCUT2D eigenvalue weighted by Gasteiger charge is 2.08. The van der Waals surface area contributed by atoms with Crippen LogP contribution in [0.3, 0.4) is 0 Å². The van der Waals surface area contributed by atoms with Gasteiger partial charge in [-0.3, -0.25) is 4.79 Å². The predicted octanol–water partition coefficient (Wildman–Crippen LogP) is 1.47. The number of amides is 1. The summed E-state index contributed by atoms with van der Waals surface area (Å²) >= 11 is 1.23. The lowest BCUT2D eigenvalue weighted by Crippen LogP contribution is -2.23. The molecule has 0 bridgehead atoms. The summed E-state index contributed by atoms with van der Waals surface area (Å²) in [5.74, 6) is -1.30. The molecule has 0 fully saturated rings. The van der Waals surface area contributed by atoms with Crippen LogP contribution in [-0.2, 0) is 0 Å². The van der Waals surface area contributed by atoms with Crippen molar-refractivity contribution < 1.29 is 14.7 Å². The van der Waals surface area contributed by atoms with Crippen molar-refractivity contribution in [3.05, 3.63) is 41.7 Å². The van der Waals surface area contributed by atoms with E-state index in [1.807, 2.05) is 6.92 Å². The van der Waals surface area contributed by atoms with Crippen LogP contribution in [0.2, 0.25) is 0 Å². The van der Waals surface area contributed by atoms with Crippen LogP contribution in [0.1, 0.15) is 27.8 Å². The number of carbonyl (C=O) groups is 2. The van der Waals surface area contributed by atoms with Crippen LogP contribution in [0, 0.1) is 0 Å². The van der Waals surface area contributed by atoms with Crippen molar-refractivity contribution in [2.75, 3.05) is 6.54 Å². The predicted molar refractivity (Wildman–Crippen MR) is 75.4 cm³/mol. The zero-order chi connectivity index (χ0) is 15.2. The van der Waals surface area contributed by atoms with Crippen LogP contribution in [0.25, 0.3) is 0 Å². The van der Waals surface area contributed by atoms with Gasteiger partial charge in [-0.25, -0.2) is 9.78 Å². The molecule has 108 valence electrons. The number of aromatic carboxylic acids is 1. The number of nitrogens with one attached hydrogen (secondary N) is 1. The van der Waals surface area contributed by atoms with Gasteiger partial charge in [-0.05, 0) is 43.0 Å². The van der Waals surface area contributed by atoms with Crippen molar-refractivity contribution in [3.8, 4) is 0 Å². The Kier molecular flexibility index (Phi) is 4.83. The molecule has 2 rings (SSSR count). The first-order chi connectivity index (χ1) is 10.1. The van der Waals surface area contributed by atoms with Crippen LogP contribution in [0.15, 0.2) is 40.5 Å². The number of hydrogen-bond acceptors (Lipinski definition) is 6. The second-order valence-corrected chi connectivity index (χ2v) is 4.95. The normalized spacial score (nSPS) is 10.1. The molecule has 0 aromatic carbocycles. The lowest BCUT2D eigenvalue weighted by Gasteiger charge is -2.02. The van der Waals surface area contributed by atoms with Gasteiger partial charge in [-0.15, -0.1) is 10.2 Å². The average molecular weight is 304 g/mol. The van der Waals surface area contributed by atoms with Gasteiger partial charge >= 0.3 is 5.97 Å². The molecular weight excluding hydrogens is 292 g/mol. The summed E-state index contributed by atoms with van der Waals surface area (Å²) in [5, 5.41) is 20.3. The first-order valence-corrected chi connectivity index (χ1v) is 6.91. The van der Waals surface area contributed by atoms with Crippen molar-refractivity contribution in [1.82, 2.24) is 20.5 Å². The summed E-state index contributed by atoms with van der Waals surface area (Å²) < 4.78 is 0. The molecule has 2 aromatic rings. The minimum absolute atomic E-state index is 0.122. The van der Waals surface area contributed by atoms with Crippen LogP contribution in [0.5, 0.6) is 0 Å². The summed E-state index contributed by atoms with van der Waals surface area (Å²) in [4.78, 5) is 26.3. The van der Waals surface area contributed by atoms with E-state index in [0.717, 1.165) is 0 Å². The summed E-state index contributed by atoms with van der Waals surface area (Å²) in [6.07, 6.45) is 1.28. The Hall–Kier alpha value is -2.48. The molecular formula is C13H12N4O3S. The Morgan fingerprint density at radius 1 is 1.19 bits per heavy atom. The molecule has 0 spiro atoms. The Morgan fingerprint density at radius 3 is 2.48 bits per heavy atom. The first kappa shape index (κ1) is 14.9. The van der Waals surface area contributed by atoms with Crippen molar-refractivity contribution in [3.63, 3.8) is 0 Å². The SMILES string of the molecule is CCNC(=O)c1ccc(Sc2ccc(C(=O)O)cn2)nn1. The van der Waals surface area contributed by atoms with Gasteiger partial charge in [0.25, 0.3) is 5.91 Å². The van der Waals surface area contributed by atoms with E-state index in [2.05, 4.69) is 20.5 Å². The fourth-order valence-corrected chi connectivity index (χ4v) is 2.09. The first-order valence-electron chi connectivity index (χ1n) is 6.09. The fraction of sp³-hybridized carbons (Fsp3) is 0.154. The fourth-order valence-electron chi connectivity index (χ4n) is 1.42. The number of carbonyl (C=O) groups excluding carboxylic acids is 1. The third kappa shape index (κ3) is 3.99. The Balaban J connectivity index is 2.06. The highest BCUT2D eigenvalue weighted by Crippen LogP contribution is 2.23. The van der Waals surface area contributed by atoms with E-state index in [-0.39, 0.29) is 17.2 Å². The van der Waals surface area contributed by atoms with Crippen LogP contribution in [-0.4, -0.2) is 38.7 Å². The third-order valence-electron chi connectivity index (χ3n) is 2.40. The number of aromatic nitrogens is 3. The van der Waals surface area contributed by atoms with E-state index in [1.165, 1.54) is 24.0 Å². The molecule has 0 atom stereocenters. The Bertz CT molecular complexity index is 643. The quantitative estimate of drug-likeness (QED) is 0.861. The maximum atomic E-state index is 11.5. The molecule has 0 aliphatic rings. The largest absolute Gasteiger partial charge is 0.478 e. The van der Waals surface area contributed by atoms with Gasteiger partial charge in [0.05, 0.1) is 5.56 Å². The zero-order valence-corrected chi connectivity index (χ0v) is 11.9. The summed E-state index contributed by atoms with van der Waals surface area (Å²) in [5.41, 5.74) is 0.368. The van der Waals surface area contributed by atoms with E-state index in [4.69, 9.17) is 5.11 Å². The molecule has 0 radical (unpaired) electrons. The summed E-state index contributed by atoms with van der Waals surface area (Å²) in [6, 6.07) is 6.29. The summed E-state index contributed by atoms with van der Waals surface area (Å²) in [7, 11) is 0. The molecule has 8 heteroatoms. The highest BCUT2D eigenvalue weighted by molar-refractivity contribution is 7.99. The van der Waals surface area contributed by atoms with Gasteiger partial charge in [-0.2, -0.15) is 0 Å². The molecule has 0 saturated heterocycles. The number of nitrogens with zero attached hydrogens (tertiary/aromatic N) is 3. The third-order valence-corrected chi connectivity index (χ3v) is 3.28. The van der Waals surface area contributed by atoms with Crippen molar-refractivity contribution in [2.24, 2.45) is 0 Å². The lowest BCUT2D eigenvalue weighted by molar-refractivity contribution is 0.0696. The van der Waals surface area contributed by atoms with Crippen LogP contribution in [0.4, 0.5) is 0 Å². The molecule has 0 unspecified atom stereocenters. The zero-order valence-electron chi connectivity index (χ0n) is 11.1. The monoisotopic (exact) mass is 304 g/mol. The minimum atomic E-state index is -1.02. The highest BCUT2D eigenvalue weighted by atomic mass is 32.2. The summed E-state index contributed by atoms with van der Waals surface area (Å²) in [6.45, 7) is 2.35. The number of carboxylic acid groups (broad SMARTS) is 1. The van der Waals surface area contributed by atoms with Gasteiger partial charge in [0.1, 0.15) is 10.1 Å². The molecule has 0 aliphatic heterocycles. The van der Waals surface area contributed by atoms with Gasteiger partial charge in [0.2, 0.25) is 0 Å². The number of hydrogen-bond donors (Lipinski definition) is 2. The van der Waals surface area contributed by atoms with Crippen molar-refractivity contribution in [2.45, 2.75) is 17.0 Å². The van der Waals surface area contributed by atoms with E-state index in [0.29, 0.717) is 16.6 Å². The number of rotatable bonds is 5. The molecule has 21 heavy (non-hydrogen) atoms.